The molecular formula is C17H34O3. The van der Waals surface area contributed by atoms with Crippen molar-refractivity contribution in [1.82, 2.24) is 0 Å². The fourth-order valence-corrected chi connectivity index (χ4v) is 2.37. The molecule has 20 heavy (non-hydrogen) atoms. The molecule has 0 aliphatic rings. The summed E-state index contributed by atoms with van der Waals surface area (Å²) in [6.45, 7) is 6.28. The maximum Gasteiger partial charge on any atom is 0.306 e. The van der Waals surface area contributed by atoms with Crippen LogP contribution >= 0.6 is 0 Å². The van der Waals surface area contributed by atoms with E-state index in [0.717, 1.165) is 32.1 Å². The molecule has 0 saturated heterocycles. The lowest BCUT2D eigenvalue weighted by molar-refractivity contribution is -0.156. The van der Waals surface area contributed by atoms with Gasteiger partial charge in [0.15, 0.2) is 0 Å². The Morgan fingerprint density at radius 2 is 1.50 bits per heavy atom. The zero-order chi connectivity index (χ0) is 15.2. The van der Waals surface area contributed by atoms with Crippen LogP contribution < -0.4 is 0 Å². The Kier molecular flexibility index (Phi) is 13.0. The minimum atomic E-state index is -0.506. The van der Waals surface area contributed by atoms with E-state index in [1.54, 1.807) is 0 Å². The monoisotopic (exact) mass is 286 g/mol. The number of carbonyl (C=O) groups is 1. The van der Waals surface area contributed by atoms with Crippen LogP contribution in [0.1, 0.15) is 91.4 Å². The van der Waals surface area contributed by atoms with E-state index in [1.165, 1.54) is 25.7 Å². The fourth-order valence-electron chi connectivity index (χ4n) is 2.37. The minimum Gasteiger partial charge on any atom is -0.460 e. The van der Waals surface area contributed by atoms with Gasteiger partial charge in [0.25, 0.3) is 0 Å². The SMILES string of the molecule is CCCCCCCCC(=O)OC(CCC)C(O)CCC. The van der Waals surface area contributed by atoms with Crippen LogP contribution in [-0.2, 0) is 9.53 Å². The molecule has 0 saturated carbocycles. The number of hydrogen-bond donors (Lipinski definition) is 1. The molecule has 0 spiro atoms. The van der Waals surface area contributed by atoms with Gasteiger partial charge < -0.3 is 9.84 Å². The third-order valence-electron chi connectivity index (χ3n) is 3.60. The highest BCUT2D eigenvalue weighted by atomic mass is 16.6. The van der Waals surface area contributed by atoms with Crippen molar-refractivity contribution in [3.05, 3.63) is 0 Å². The van der Waals surface area contributed by atoms with E-state index in [9.17, 15) is 9.90 Å². The fraction of sp³-hybridized carbons (Fsp3) is 0.941. The second-order valence-electron chi connectivity index (χ2n) is 5.69. The van der Waals surface area contributed by atoms with Crippen LogP contribution in [0.2, 0.25) is 0 Å². The first-order valence-corrected chi connectivity index (χ1v) is 8.53. The first kappa shape index (κ1) is 19.4. The second kappa shape index (κ2) is 13.4. The number of rotatable bonds is 13. The Balaban J connectivity index is 3.83. The molecule has 0 amide bonds. The van der Waals surface area contributed by atoms with E-state index in [4.69, 9.17) is 4.74 Å². The van der Waals surface area contributed by atoms with Crippen LogP contribution in [-0.4, -0.2) is 23.3 Å². The highest BCUT2D eigenvalue weighted by Gasteiger charge is 2.21. The summed E-state index contributed by atoms with van der Waals surface area (Å²) in [6.07, 6.45) is 9.98. The van der Waals surface area contributed by atoms with Gasteiger partial charge in [0.2, 0.25) is 0 Å². The zero-order valence-corrected chi connectivity index (χ0v) is 13.7. The Bertz CT molecular complexity index is 228. The average molecular weight is 286 g/mol. The van der Waals surface area contributed by atoms with E-state index in [1.807, 2.05) is 13.8 Å². The number of hydrogen-bond acceptors (Lipinski definition) is 3. The van der Waals surface area contributed by atoms with Crippen molar-refractivity contribution >= 4 is 5.97 Å². The summed E-state index contributed by atoms with van der Waals surface area (Å²) in [5.74, 6) is -0.144. The number of carbonyl (C=O) groups excluding carboxylic acids is 1. The molecular weight excluding hydrogens is 252 g/mol. The van der Waals surface area contributed by atoms with E-state index >= 15 is 0 Å². The molecule has 0 aliphatic carbocycles. The molecule has 0 rings (SSSR count). The van der Waals surface area contributed by atoms with Gasteiger partial charge in [-0.25, -0.2) is 0 Å². The molecule has 3 heteroatoms. The minimum absolute atomic E-state index is 0.144. The van der Waals surface area contributed by atoms with E-state index < -0.39 is 6.10 Å². The second-order valence-corrected chi connectivity index (χ2v) is 5.69. The number of aliphatic hydroxyl groups is 1. The molecule has 2 atom stereocenters. The molecule has 0 aromatic heterocycles. The van der Waals surface area contributed by atoms with Gasteiger partial charge in [-0.15, -0.1) is 0 Å². The third kappa shape index (κ3) is 10.2. The molecule has 0 aliphatic heterocycles. The standard InChI is InChI=1S/C17H34O3/c1-4-7-8-9-10-11-14-17(19)20-16(13-6-3)15(18)12-5-2/h15-16,18H,4-14H2,1-3H3. The Labute approximate surface area is 125 Å². The maximum absolute atomic E-state index is 11.8. The smallest absolute Gasteiger partial charge is 0.306 e. The summed E-state index contributed by atoms with van der Waals surface area (Å²) in [4.78, 5) is 11.8. The van der Waals surface area contributed by atoms with Gasteiger partial charge >= 0.3 is 5.97 Å². The largest absolute Gasteiger partial charge is 0.460 e. The van der Waals surface area contributed by atoms with E-state index in [0.29, 0.717) is 12.8 Å². The van der Waals surface area contributed by atoms with Crippen LogP contribution in [0.5, 0.6) is 0 Å². The van der Waals surface area contributed by atoms with Crippen molar-refractivity contribution in [3.8, 4) is 0 Å². The predicted octanol–water partition coefficient (Wildman–Crippen LogP) is 4.61. The number of ether oxygens (including phenoxy) is 1. The topological polar surface area (TPSA) is 46.5 Å². The highest BCUT2D eigenvalue weighted by molar-refractivity contribution is 5.69. The maximum atomic E-state index is 11.8. The first-order chi connectivity index (χ1) is 9.65. The van der Waals surface area contributed by atoms with Crippen LogP contribution in [0, 0.1) is 0 Å². The summed E-state index contributed by atoms with van der Waals surface area (Å²) < 4.78 is 5.44. The number of aliphatic hydroxyl groups excluding tert-OH is 1. The molecule has 0 fully saturated rings. The molecule has 0 radical (unpaired) electrons. The summed E-state index contributed by atoms with van der Waals surface area (Å²) in [5.41, 5.74) is 0. The lowest BCUT2D eigenvalue weighted by Crippen LogP contribution is -2.31. The normalized spacial score (nSPS) is 14.0. The first-order valence-electron chi connectivity index (χ1n) is 8.53. The van der Waals surface area contributed by atoms with E-state index in [-0.39, 0.29) is 12.1 Å². The average Bonchev–Trinajstić information content (AvgIpc) is 2.42. The molecule has 1 N–H and O–H groups in total. The molecule has 0 heterocycles. The number of esters is 1. The molecule has 120 valence electrons. The predicted molar refractivity (Wildman–Crippen MR) is 83.7 cm³/mol. The van der Waals surface area contributed by atoms with E-state index in [2.05, 4.69) is 6.92 Å². The van der Waals surface area contributed by atoms with Crippen LogP contribution in [0.4, 0.5) is 0 Å². The van der Waals surface area contributed by atoms with Gasteiger partial charge in [-0.3, -0.25) is 4.79 Å². The van der Waals surface area contributed by atoms with Gasteiger partial charge in [-0.1, -0.05) is 65.7 Å². The summed E-state index contributed by atoms with van der Waals surface area (Å²) >= 11 is 0. The van der Waals surface area contributed by atoms with Gasteiger partial charge in [-0.2, -0.15) is 0 Å². The zero-order valence-electron chi connectivity index (χ0n) is 13.7. The molecule has 0 aromatic carbocycles. The molecule has 0 aromatic rings. The highest BCUT2D eigenvalue weighted by Crippen LogP contribution is 2.14. The van der Waals surface area contributed by atoms with Crippen LogP contribution in [0.3, 0.4) is 0 Å². The molecule has 2 unspecified atom stereocenters. The van der Waals surface area contributed by atoms with Crippen molar-refractivity contribution in [3.63, 3.8) is 0 Å². The van der Waals surface area contributed by atoms with Gasteiger partial charge in [0.1, 0.15) is 6.10 Å². The summed E-state index contributed by atoms with van der Waals surface area (Å²) in [6, 6.07) is 0. The van der Waals surface area contributed by atoms with Crippen molar-refractivity contribution < 1.29 is 14.6 Å². The lowest BCUT2D eigenvalue weighted by Gasteiger charge is -2.22. The Hall–Kier alpha value is -0.570. The van der Waals surface area contributed by atoms with Gasteiger partial charge in [0.05, 0.1) is 6.10 Å². The van der Waals surface area contributed by atoms with Gasteiger partial charge in [0, 0.05) is 6.42 Å². The number of unbranched alkanes of at least 4 members (excludes halogenated alkanes) is 5. The van der Waals surface area contributed by atoms with Crippen molar-refractivity contribution in [2.24, 2.45) is 0 Å². The van der Waals surface area contributed by atoms with Gasteiger partial charge in [-0.05, 0) is 19.3 Å². The third-order valence-corrected chi connectivity index (χ3v) is 3.60. The van der Waals surface area contributed by atoms with Crippen LogP contribution in [0.25, 0.3) is 0 Å². The molecule has 0 bridgehead atoms. The summed E-state index contributed by atoms with van der Waals surface area (Å²) in [7, 11) is 0. The quantitative estimate of drug-likeness (QED) is 0.397. The van der Waals surface area contributed by atoms with Crippen LogP contribution in [0.15, 0.2) is 0 Å². The Morgan fingerprint density at radius 3 is 2.10 bits per heavy atom. The van der Waals surface area contributed by atoms with Crippen molar-refractivity contribution in [1.29, 1.82) is 0 Å². The molecule has 3 nitrogen and oxygen atoms in total. The lowest BCUT2D eigenvalue weighted by atomic mass is 10.0. The Morgan fingerprint density at radius 1 is 0.900 bits per heavy atom. The summed E-state index contributed by atoms with van der Waals surface area (Å²) in [5, 5.41) is 9.98. The van der Waals surface area contributed by atoms with Crippen molar-refractivity contribution in [2.75, 3.05) is 0 Å². The van der Waals surface area contributed by atoms with Crippen molar-refractivity contribution in [2.45, 2.75) is 104 Å².